The lowest BCUT2D eigenvalue weighted by molar-refractivity contribution is -0.126. The van der Waals surface area contributed by atoms with Gasteiger partial charge in [-0.1, -0.05) is 26.0 Å². The predicted molar refractivity (Wildman–Crippen MR) is 102 cm³/mol. The van der Waals surface area contributed by atoms with E-state index in [2.05, 4.69) is 10.1 Å². The lowest BCUT2D eigenvalue weighted by Gasteiger charge is -2.33. The van der Waals surface area contributed by atoms with Crippen LogP contribution in [0.15, 0.2) is 24.3 Å². The molecule has 2 amide bonds. The highest BCUT2D eigenvalue weighted by Gasteiger charge is 2.31. The molecule has 2 rings (SSSR count). The van der Waals surface area contributed by atoms with Gasteiger partial charge < -0.3 is 20.7 Å². The summed E-state index contributed by atoms with van der Waals surface area (Å²) in [6, 6.07) is 5.91. The molecule has 28 heavy (non-hydrogen) atoms. The Balaban J connectivity index is 2.03. The normalized spacial score (nSPS) is 17.5. The first-order valence-electron chi connectivity index (χ1n) is 9.69. The van der Waals surface area contributed by atoms with Crippen LogP contribution < -0.4 is 15.8 Å². The highest BCUT2D eigenvalue weighted by molar-refractivity contribution is 5.97. The molecule has 1 aliphatic rings. The van der Waals surface area contributed by atoms with Gasteiger partial charge in [0.1, 0.15) is 5.75 Å². The van der Waals surface area contributed by atoms with E-state index in [1.807, 2.05) is 13.8 Å². The maximum absolute atomic E-state index is 12.8. The van der Waals surface area contributed by atoms with Crippen LogP contribution in [-0.2, 0) is 4.79 Å². The van der Waals surface area contributed by atoms with Crippen molar-refractivity contribution in [2.75, 3.05) is 19.6 Å². The minimum Gasteiger partial charge on any atom is -0.434 e. The molecule has 0 saturated carbocycles. The summed E-state index contributed by atoms with van der Waals surface area (Å²) in [7, 11) is 0. The fourth-order valence-corrected chi connectivity index (χ4v) is 3.30. The van der Waals surface area contributed by atoms with Crippen molar-refractivity contribution in [3.8, 4) is 5.75 Å². The largest absolute Gasteiger partial charge is 0.434 e. The summed E-state index contributed by atoms with van der Waals surface area (Å²) in [5.41, 5.74) is 5.86. The molecule has 0 radical (unpaired) electrons. The second-order valence-corrected chi connectivity index (χ2v) is 7.25. The molecule has 3 N–H and O–H groups in total. The lowest BCUT2D eigenvalue weighted by atomic mass is 9.92. The Morgan fingerprint density at radius 2 is 2.00 bits per heavy atom. The van der Waals surface area contributed by atoms with Crippen molar-refractivity contribution in [2.24, 2.45) is 11.7 Å². The molecule has 8 heteroatoms. The Labute approximate surface area is 164 Å². The zero-order valence-electron chi connectivity index (χ0n) is 16.4. The molecule has 156 valence electrons. The maximum atomic E-state index is 12.8. The fraction of sp³-hybridized carbons (Fsp3) is 0.600. The number of amides is 2. The monoisotopic (exact) mass is 397 g/mol. The quantitative estimate of drug-likeness (QED) is 0.706. The Bertz CT molecular complexity index is 680. The summed E-state index contributed by atoms with van der Waals surface area (Å²) >= 11 is 0. The lowest BCUT2D eigenvalue weighted by Crippen LogP contribution is -2.52. The molecule has 1 heterocycles. The number of carbonyl (C=O) groups is 2. The average Bonchev–Trinajstić information content (AvgIpc) is 2.71. The zero-order valence-corrected chi connectivity index (χ0v) is 16.4. The van der Waals surface area contributed by atoms with Crippen LogP contribution in [0.3, 0.4) is 0 Å². The Morgan fingerprint density at radius 1 is 1.32 bits per heavy atom. The van der Waals surface area contributed by atoms with Crippen LogP contribution in [0, 0.1) is 5.92 Å². The van der Waals surface area contributed by atoms with Crippen LogP contribution in [0.5, 0.6) is 5.75 Å². The minimum atomic E-state index is -3.01. The van der Waals surface area contributed by atoms with Crippen molar-refractivity contribution in [1.29, 1.82) is 0 Å². The number of nitrogens with zero attached hydrogens (tertiary/aromatic N) is 1. The van der Waals surface area contributed by atoms with E-state index in [1.54, 1.807) is 6.07 Å². The van der Waals surface area contributed by atoms with Crippen LogP contribution >= 0.6 is 0 Å². The summed E-state index contributed by atoms with van der Waals surface area (Å²) in [5.74, 6) is -1.05. The molecule has 0 aliphatic carbocycles. The third-order valence-electron chi connectivity index (χ3n) is 5.44. The van der Waals surface area contributed by atoms with E-state index in [9.17, 15) is 18.4 Å². The Hall–Kier alpha value is -2.22. The molecule has 1 saturated heterocycles. The van der Waals surface area contributed by atoms with Crippen LogP contribution in [0.25, 0.3) is 0 Å². The van der Waals surface area contributed by atoms with Crippen LogP contribution in [-0.4, -0.2) is 48.5 Å². The van der Waals surface area contributed by atoms with Crippen molar-refractivity contribution < 1.29 is 23.1 Å². The summed E-state index contributed by atoms with van der Waals surface area (Å²) in [6.07, 6.45) is 2.83. The number of benzene rings is 1. The van der Waals surface area contributed by atoms with E-state index < -0.39 is 18.1 Å². The van der Waals surface area contributed by atoms with E-state index >= 15 is 0 Å². The smallest absolute Gasteiger partial charge is 0.387 e. The Kier molecular flexibility index (Phi) is 7.74. The van der Waals surface area contributed by atoms with Crippen LogP contribution in [0.1, 0.15) is 49.9 Å². The van der Waals surface area contributed by atoms with Gasteiger partial charge in [0.2, 0.25) is 5.91 Å². The first-order valence-corrected chi connectivity index (χ1v) is 9.69. The van der Waals surface area contributed by atoms with Gasteiger partial charge in [-0.3, -0.25) is 9.59 Å². The third-order valence-corrected chi connectivity index (χ3v) is 5.44. The van der Waals surface area contributed by atoms with Crippen molar-refractivity contribution in [3.63, 3.8) is 0 Å². The van der Waals surface area contributed by atoms with Crippen molar-refractivity contribution >= 4 is 11.8 Å². The number of alkyl halides is 2. The topological polar surface area (TPSA) is 84.7 Å². The number of nitrogens with two attached hydrogens (primary N) is 1. The molecule has 6 nitrogen and oxygen atoms in total. The van der Waals surface area contributed by atoms with E-state index in [-0.39, 0.29) is 29.7 Å². The van der Waals surface area contributed by atoms with E-state index in [4.69, 9.17) is 5.73 Å². The van der Waals surface area contributed by atoms with Gasteiger partial charge in [-0.15, -0.1) is 0 Å². The fourth-order valence-electron chi connectivity index (χ4n) is 3.30. The second kappa shape index (κ2) is 9.82. The van der Waals surface area contributed by atoms with E-state index in [0.717, 1.165) is 12.8 Å². The number of hydrogen-bond donors (Lipinski definition) is 2. The molecule has 0 spiro atoms. The molecular weight excluding hydrogens is 368 g/mol. The second-order valence-electron chi connectivity index (χ2n) is 7.25. The third kappa shape index (κ3) is 5.64. The number of ether oxygens (including phenoxy) is 1. The maximum Gasteiger partial charge on any atom is 0.387 e. The number of rotatable bonds is 8. The van der Waals surface area contributed by atoms with E-state index in [0.29, 0.717) is 25.9 Å². The molecular formula is C20H29F2N3O3. The first kappa shape index (κ1) is 22.1. The van der Waals surface area contributed by atoms with Gasteiger partial charge >= 0.3 is 6.61 Å². The molecule has 1 atom stereocenters. The van der Waals surface area contributed by atoms with Gasteiger partial charge in [0.05, 0.1) is 11.5 Å². The standard InChI is InChI=1S/C20H29F2N3O3/c1-3-20(23,4-2)13-24-17(26)14-8-7-11-25(12-14)18(27)15-9-5-6-10-16(15)28-19(21)22/h5-6,9-10,14,19H,3-4,7-8,11-13,23H2,1-2H3,(H,24,26). The van der Waals surface area contributed by atoms with Gasteiger partial charge in [-0.05, 0) is 37.8 Å². The summed E-state index contributed by atoms with van der Waals surface area (Å²) < 4.78 is 29.7. The minimum absolute atomic E-state index is 0.0711. The SMILES string of the molecule is CCC(N)(CC)CNC(=O)C1CCCN(C(=O)c2ccccc2OC(F)F)C1. The summed E-state index contributed by atoms with van der Waals surface area (Å²) in [6.45, 7) is 2.04. The van der Waals surface area contributed by atoms with Gasteiger partial charge in [-0.2, -0.15) is 8.78 Å². The number of piperidine rings is 1. The average molecular weight is 397 g/mol. The van der Waals surface area contributed by atoms with E-state index in [1.165, 1.54) is 23.1 Å². The molecule has 0 aromatic heterocycles. The number of likely N-dealkylation sites (tertiary alicyclic amines) is 1. The van der Waals surface area contributed by atoms with Crippen molar-refractivity contribution in [1.82, 2.24) is 10.2 Å². The van der Waals surface area contributed by atoms with Crippen molar-refractivity contribution in [2.45, 2.75) is 51.7 Å². The number of para-hydroxylation sites is 1. The molecule has 0 bridgehead atoms. The van der Waals surface area contributed by atoms with Gasteiger partial charge in [-0.25, -0.2) is 0 Å². The molecule has 1 aliphatic heterocycles. The van der Waals surface area contributed by atoms with Gasteiger partial charge in [0, 0.05) is 25.2 Å². The number of halogens is 2. The summed E-state index contributed by atoms with van der Waals surface area (Å²) in [5, 5.41) is 2.91. The predicted octanol–water partition coefficient (Wildman–Crippen LogP) is 2.77. The van der Waals surface area contributed by atoms with Crippen LogP contribution in [0.2, 0.25) is 0 Å². The molecule has 1 unspecified atom stereocenters. The molecule has 1 aromatic rings. The van der Waals surface area contributed by atoms with Gasteiger partial charge in [0.15, 0.2) is 0 Å². The Morgan fingerprint density at radius 3 is 2.64 bits per heavy atom. The molecule has 1 aromatic carbocycles. The number of nitrogens with one attached hydrogen (secondary N) is 1. The number of hydrogen-bond acceptors (Lipinski definition) is 4. The summed E-state index contributed by atoms with van der Waals surface area (Å²) in [4.78, 5) is 26.9. The molecule has 1 fully saturated rings. The zero-order chi connectivity index (χ0) is 20.7. The first-order chi connectivity index (χ1) is 13.3. The van der Waals surface area contributed by atoms with Crippen LogP contribution in [0.4, 0.5) is 8.78 Å². The highest BCUT2D eigenvalue weighted by atomic mass is 19.3. The number of carbonyl (C=O) groups excluding carboxylic acids is 2. The highest BCUT2D eigenvalue weighted by Crippen LogP contribution is 2.25. The van der Waals surface area contributed by atoms with Crippen molar-refractivity contribution in [3.05, 3.63) is 29.8 Å². The van der Waals surface area contributed by atoms with Gasteiger partial charge in [0.25, 0.3) is 5.91 Å².